The molecular formula is C14H24IN5S2. The van der Waals surface area contributed by atoms with E-state index in [9.17, 15) is 0 Å². The Morgan fingerprint density at radius 3 is 2.86 bits per heavy atom. The molecule has 0 radical (unpaired) electrons. The van der Waals surface area contributed by atoms with Gasteiger partial charge in [-0.15, -0.1) is 0 Å². The summed E-state index contributed by atoms with van der Waals surface area (Å²) in [6.07, 6.45) is 5.45. The van der Waals surface area contributed by atoms with Gasteiger partial charge in [-0.05, 0) is 25.3 Å². The molecule has 0 spiro atoms. The van der Waals surface area contributed by atoms with Crippen molar-refractivity contribution in [1.29, 1.82) is 5.41 Å². The van der Waals surface area contributed by atoms with Gasteiger partial charge in [-0.1, -0.05) is 18.9 Å². The first kappa shape index (κ1) is 18.3. The van der Waals surface area contributed by atoms with Crippen molar-refractivity contribution in [1.82, 2.24) is 13.6 Å². The van der Waals surface area contributed by atoms with Gasteiger partial charge < -0.3 is 10.2 Å². The van der Waals surface area contributed by atoms with E-state index in [-0.39, 0.29) is 0 Å². The lowest BCUT2D eigenvalue weighted by Crippen LogP contribution is -2.51. The summed E-state index contributed by atoms with van der Waals surface area (Å²) in [5.74, 6) is 2.75. The maximum Gasteiger partial charge on any atom is 0.131 e. The van der Waals surface area contributed by atoms with E-state index in [2.05, 4.69) is 43.1 Å². The first-order valence-corrected chi connectivity index (χ1v) is 11.8. The first-order valence-electron chi connectivity index (χ1n) is 7.49. The Morgan fingerprint density at radius 2 is 2.27 bits per heavy atom. The molecule has 1 aromatic heterocycles. The number of hydrogen-bond acceptors (Lipinski definition) is 5. The van der Waals surface area contributed by atoms with Crippen molar-refractivity contribution >= 4 is 53.9 Å². The molecule has 1 fully saturated rings. The maximum atomic E-state index is 8.50. The third-order valence-electron chi connectivity index (χ3n) is 3.99. The van der Waals surface area contributed by atoms with Crippen LogP contribution in [0.25, 0.3) is 0 Å². The van der Waals surface area contributed by atoms with Crippen LogP contribution >= 0.6 is 42.3 Å². The van der Waals surface area contributed by atoms with Crippen LogP contribution in [0.1, 0.15) is 31.7 Å². The summed E-state index contributed by atoms with van der Waals surface area (Å²) >= 11 is 4.08. The highest BCUT2D eigenvalue weighted by atomic mass is 127. The topological polar surface area (TPSA) is 56.1 Å². The van der Waals surface area contributed by atoms with Crippen LogP contribution in [-0.2, 0) is 0 Å². The van der Waals surface area contributed by atoms with E-state index in [0.717, 1.165) is 24.2 Å². The molecule has 8 heteroatoms. The van der Waals surface area contributed by atoms with Crippen LogP contribution < -0.4 is 10.0 Å². The number of anilines is 1. The molecule has 0 unspecified atom stereocenters. The zero-order chi connectivity index (χ0) is 16.1. The molecule has 1 heterocycles. The van der Waals surface area contributed by atoms with E-state index >= 15 is 0 Å². The monoisotopic (exact) mass is 453 g/mol. The number of rotatable bonds is 8. The highest BCUT2D eigenvalue weighted by molar-refractivity contribution is 14.2. The second-order valence-corrected chi connectivity index (χ2v) is 8.12. The van der Waals surface area contributed by atoms with Crippen LogP contribution in [0.3, 0.4) is 0 Å². The molecule has 0 bridgehead atoms. The lowest BCUT2D eigenvalue weighted by Gasteiger charge is -2.42. The van der Waals surface area contributed by atoms with E-state index in [4.69, 9.17) is 5.41 Å². The van der Waals surface area contributed by atoms with Crippen LogP contribution in [0.2, 0.25) is 0 Å². The molecule has 0 aromatic carbocycles. The highest BCUT2D eigenvalue weighted by Crippen LogP contribution is 2.31. The fraction of sp³-hybridized carbons (Fsp3) is 0.643. The van der Waals surface area contributed by atoms with Gasteiger partial charge >= 0.3 is 0 Å². The molecule has 1 aliphatic carbocycles. The van der Waals surface area contributed by atoms with Crippen LogP contribution in [0, 0.1) is 5.41 Å². The second kappa shape index (κ2) is 8.70. The number of amidine groups is 1. The van der Waals surface area contributed by atoms with Crippen molar-refractivity contribution < 1.29 is 0 Å². The quantitative estimate of drug-likeness (QED) is 0.184. The SMILES string of the molecule is CCCSNC1CC(N(C)C(=N)c2ccn(SI)c2NC)C1. The van der Waals surface area contributed by atoms with E-state index in [0.29, 0.717) is 17.9 Å². The molecule has 2 rings (SSSR count). The summed E-state index contributed by atoms with van der Waals surface area (Å²) in [6, 6.07) is 3.07. The van der Waals surface area contributed by atoms with Gasteiger partial charge in [0.05, 0.1) is 5.56 Å². The predicted octanol–water partition coefficient (Wildman–Crippen LogP) is 3.81. The average molecular weight is 453 g/mol. The molecule has 1 aromatic rings. The molecule has 1 saturated carbocycles. The van der Waals surface area contributed by atoms with Crippen molar-refractivity contribution in [2.45, 2.75) is 38.3 Å². The minimum atomic E-state index is 0.465. The molecule has 3 N–H and O–H groups in total. The largest absolute Gasteiger partial charge is 0.373 e. The summed E-state index contributed by atoms with van der Waals surface area (Å²) < 4.78 is 5.56. The predicted molar refractivity (Wildman–Crippen MR) is 108 cm³/mol. The summed E-state index contributed by atoms with van der Waals surface area (Å²) in [6.45, 7) is 2.20. The molecule has 0 amide bonds. The van der Waals surface area contributed by atoms with Gasteiger partial charge in [-0.2, -0.15) is 0 Å². The Bertz CT molecular complexity index is 501. The van der Waals surface area contributed by atoms with Crippen molar-refractivity contribution in [2.75, 3.05) is 25.2 Å². The van der Waals surface area contributed by atoms with Gasteiger partial charge in [-0.25, -0.2) is 0 Å². The molecule has 124 valence electrons. The number of halogens is 1. The lowest BCUT2D eigenvalue weighted by atomic mass is 9.86. The van der Waals surface area contributed by atoms with Crippen molar-refractivity contribution in [3.8, 4) is 0 Å². The van der Waals surface area contributed by atoms with E-state index < -0.39 is 0 Å². The third kappa shape index (κ3) is 4.07. The Balaban J connectivity index is 1.90. The number of hydrogen-bond donors (Lipinski definition) is 3. The fourth-order valence-corrected chi connectivity index (χ4v) is 4.66. The third-order valence-corrected chi connectivity index (χ3v) is 6.83. The molecule has 0 aliphatic heterocycles. The molecule has 0 atom stereocenters. The molecular weight excluding hydrogens is 429 g/mol. The van der Waals surface area contributed by atoms with E-state index in [1.54, 1.807) is 9.12 Å². The van der Waals surface area contributed by atoms with Crippen LogP contribution in [0.15, 0.2) is 12.3 Å². The number of aromatic nitrogens is 1. The minimum absolute atomic E-state index is 0.465. The summed E-state index contributed by atoms with van der Waals surface area (Å²) in [5.41, 5.74) is 0.964. The summed E-state index contributed by atoms with van der Waals surface area (Å²) in [7, 11) is 5.55. The minimum Gasteiger partial charge on any atom is -0.373 e. The van der Waals surface area contributed by atoms with Crippen LogP contribution in [0.4, 0.5) is 5.82 Å². The van der Waals surface area contributed by atoms with E-state index in [1.807, 2.05) is 42.3 Å². The zero-order valence-electron chi connectivity index (χ0n) is 13.2. The van der Waals surface area contributed by atoms with Crippen molar-refractivity contribution in [3.05, 3.63) is 17.8 Å². The molecule has 1 aliphatic rings. The number of nitrogens with one attached hydrogen (secondary N) is 3. The summed E-state index contributed by atoms with van der Waals surface area (Å²) in [5, 5.41) is 11.7. The molecule has 22 heavy (non-hydrogen) atoms. The van der Waals surface area contributed by atoms with Crippen molar-refractivity contribution in [3.63, 3.8) is 0 Å². The van der Waals surface area contributed by atoms with Crippen LogP contribution in [-0.4, -0.2) is 46.6 Å². The Kier molecular flexibility index (Phi) is 7.23. The molecule has 5 nitrogen and oxygen atoms in total. The smallest absolute Gasteiger partial charge is 0.131 e. The van der Waals surface area contributed by atoms with Gasteiger partial charge in [0.15, 0.2) is 0 Å². The Hall–Kier alpha value is -0.0600. The maximum absolute atomic E-state index is 8.50. The average Bonchev–Trinajstić information content (AvgIpc) is 2.91. The zero-order valence-corrected chi connectivity index (χ0v) is 17.0. The van der Waals surface area contributed by atoms with E-state index in [1.165, 1.54) is 12.2 Å². The normalized spacial score (nSPS) is 20.5. The highest BCUT2D eigenvalue weighted by Gasteiger charge is 2.33. The lowest BCUT2D eigenvalue weighted by molar-refractivity contribution is 0.200. The van der Waals surface area contributed by atoms with Gasteiger partial charge in [0, 0.05) is 68.5 Å². The number of nitrogens with zero attached hydrogens (tertiary/aromatic N) is 2. The Labute approximate surface area is 153 Å². The van der Waals surface area contributed by atoms with Gasteiger partial charge in [0.1, 0.15) is 11.7 Å². The molecule has 0 saturated heterocycles. The van der Waals surface area contributed by atoms with Gasteiger partial charge in [-0.3, -0.25) is 14.1 Å². The Morgan fingerprint density at radius 1 is 1.55 bits per heavy atom. The standard InChI is InChI=1S/C14H24IN5S2/c1-4-7-21-18-10-8-11(9-10)19(3)13(16)12-5-6-20(22-15)14(12)17-2/h5-6,10-11,16-18H,4,7-9H2,1-3H3. The fourth-order valence-electron chi connectivity index (χ4n) is 2.56. The van der Waals surface area contributed by atoms with Gasteiger partial charge in [0.25, 0.3) is 0 Å². The van der Waals surface area contributed by atoms with Gasteiger partial charge in [0.2, 0.25) is 0 Å². The second-order valence-electron chi connectivity index (χ2n) is 5.47. The summed E-state index contributed by atoms with van der Waals surface area (Å²) in [4.78, 5) is 2.11. The van der Waals surface area contributed by atoms with Crippen molar-refractivity contribution in [2.24, 2.45) is 0 Å². The van der Waals surface area contributed by atoms with Crippen LogP contribution in [0.5, 0.6) is 0 Å². The first-order chi connectivity index (χ1) is 10.6.